The van der Waals surface area contributed by atoms with Crippen molar-refractivity contribution in [3.63, 3.8) is 0 Å². The summed E-state index contributed by atoms with van der Waals surface area (Å²) in [5, 5.41) is 7.95. The highest BCUT2D eigenvalue weighted by Gasteiger charge is 2.19. The van der Waals surface area contributed by atoms with Crippen LogP contribution in [0.3, 0.4) is 0 Å². The van der Waals surface area contributed by atoms with Gasteiger partial charge >= 0.3 is 5.97 Å². The number of ether oxygens (including phenoxy) is 1. The molecule has 7 nitrogen and oxygen atoms in total. The van der Waals surface area contributed by atoms with Crippen LogP contribution in [-0.2, 0) is 11.8 Å². The lowest BCUT2D eigenvalue weighted by Crippen LogP contribution is -2.16. The molecule has 0 bridgehead atoms. The number of halogens is 1. The Morgan fingerprint density at radius 1 is 1.31 bits per heavy atom. The molecule has 0 atom stereocenters. The Bertz CT molecular complexity index is 996. The standard InChI is InChI=1S/C17H15ClN4O3S/c1-9-14(16(24)25-3)19-17(26-9)20-15(23)13-8-12(21-22(13)2)10-5-4-6-11(18)7-10/h4-8H,1-3H3,(H,19,20,23). The molecule has 9 heteroatoms. The van der Waals surface area contributed by atoms with Crippen LogP contribution in [0.4, 0.5) is 5.13 Å². The number of anilines is 1. The molecule has 0 aliphatic rings. The molecule has 0 spiro atoms. The van der Waals surface area contributed by atoms with Crippen LogP contribution in [-0.4, -0.2) is 33.8 Å². The number of rotatable bonds is 4. The van der Waals surface area contributed by atoms with Crippen molar-refractivity contribution in [3.05, 3.63) is 51.6 Å². The highest BCUT2D eigenvalue weighted by atomic mass is 35.5. The fourth-order valence-electron chi connectivity index (χ4n) is 2.37. The maximum atomic E-state index is 12.6. The maximum absolute atomic E-state index is 12.6. The van der Waals surface area contributed by atoms with E-state index in [1.54, 1.807) is 32.2 Å². The summed E-state index contributed by atoms with van der Waals surface area (Å²) in [4.78, 5) is 29.0. The van der Waals surface area contributed by atoms with Gasteiger partial charge in [-0.2, -0.15) is 5.10 Å². The second-order valence-electron chi connectivity index (χ2n) is 5.42. The van der Waals surface area contributed by atoms with E-state index in [0.29, 0.717) is 26.4 Å². The van der Waals surface area contributed by atoms with E-state index in [1.807, 2.05) is 12.1 Å². The molecule has 0 saturated heterocycles. The second kappa shape index (κ2) is 7.27. The highest BCUT2D eigenvalue weighted by Crippen LogP contribution is 2.25. The number of methoxy groups -OCH3 is 1. The number of aromatic nitrogens is 3. The Hall–Kier alpha value is -2.71. The summed E-state index contributed by atoms with van der Waals surface area (Å²) in [6.45, 7) is 1.74. The number of hydrogen-bond donors (Lipinski definition) is 1. The molecule has 1 aromatic carbocycles. The molecule has 3 aromatic rings. The molecule has 3 rings (SSSR count). The first-order valence-corrected chi connectivity index (χ1v) is 8.75. The number of hydrogen-bond acceptors (Lipinski definition) is 6. The van der Waals surface area contributed by atoms with Gasteiger partial charge in [-0.1, -0.05) is 23.7 Å². The zero-order valence-corrected chi connectivity index (χ0v) is 15.8. The van der Waals surface area contributed by atoms with Crippen LogP contribution in [0.5, 0.6) is 0 Å². The third-order valence-electron chi connectivity index (χ3n) is 3.63. The monoisotopic (exact) mass is 390 g/mol. The number of carbonyl (C=O) groups is 2. The summed E-state index contributed by atoms with van der Waals surface area (Å²) in [6, 6.07) is 8.90. The topological polar surface area (TPSA) is 86.1 Å². The predicted molar refractivity (Wildman–Crippen MR) is 99.8 cm³/mol. The summed E-state index contributed by atoms with van der Waals surface area (Å²) in [6.07, 6.45) is 0. The van der Waals surface area contributed by atoms with Crippen LogP contribution >= 0.6 is 22.9 Å². The van der Waals surface area contributed by atoms with Crippen molar-refractivity contribution in [2.45, 2.75) is 6.92 Å². The third kappa shape index (κ3) is 3.61. The molecule has 1 N–H and O–H groups in total. The quantitative estimate of drug-likeness (QED) is 0.688. The van der Waals surface area contributed by atoms with E-state index in [-0.39, 0.29) is 11.6 Å². The number of carbonyl (C=O) groups excluding carboxylic acids is 2. The van der Waals surface area contributed by atoms with E-state index in [1.165, 1.54) is 23.1 Å². The van der Waals surface area contributed by atoms with E-state index in [0.717, 1.165) is 5.56 Å². The van der Waals surface area contributed by atoms with E-state index in [2.05, 4.69) is 20.1 Å². The Balaban J connectivity index is 1.84. The van der Waals surface area contributed by atoms with Crippen LogP contribution in [0.15, 0.2) is 30.3 Å². The van der Waals surface area contributed by atoms with Gasteiger partial charge in [-0.15, -0.1) is 11.3 Å². The lowest BCUT2D eigenvalue weighted by Gasteiger charge is -2.01. The van der Waals surface area contributed by atoms with Gasteiger partial charge in [0, 0.05) is 22.5 Å². The summed E-state index contributed by atoms with van der Waals surface area (Å²) >= 11 is 7.21. The first kappa shape index (κ1) is 18.1. The average molecular weight is 391 g/mol. The minimum absolute atomic E-state index is 0.192. The number of nitrogens with zero attached hydrogens (tertiary/aromatic N) is 3. The fraction of sp³-hybridized carbons (Fsp3) is 0.176. The van der Waals surface area contributed by atoms with Crippen LogP contribution in [0, 0.1) is 6.92 Å². The number of thiazole rings is 1. The van der Waals surface area contributed by atoms with Crippen LogP contribution in [0.25, 0.3) is 11.3 Å². The lowest BCUT2D eigenvalue weighted by molar-refractivity contribution is 0.0594. The SMILES string of the molecule is COC(=O)c1nc(NC(=O)c2cc(-c3cccc(Cl)c3)nn2C)sc1C. The van der Waals surface area contributed by atoms with Crippen molar-refractivity contribution >= 4 is 39.9 Å². The first-order valence-electron chi connectivity index (χ1n) is 7.56. The zero-order chi connectivity index (χ0) is 18.8. The van der Waals surface area contributed by atoms with Crippen molar-refractivity contribution in [2.24, 2.45) is 7.05 Å². The van der Waals surface area contributed by atoms with Crippen molar-refractivity contribution in [2.75, 3.05) is 12.4 Å². The molecule has 0 aliphatic heterocycles. The van der Waals surface area contributed by atoms with Crippen molar-refractivity contribution in [3.8, 4) is 11.3 Å². The second-order valence-corrected chi connectivity index (χ2v) is 7.06. The number of esters is 1. The van der Waals surface area contributed by atoms with Gasteiger partial charge in [0.15, 0.2) is 10.8 Å². The van der Waals surface area contributed by atoms with E-state index < -0.39 is 5.97 Å². The molecule has 134 valence electrons. The lowest BCUT2D eigenvalue weighted by atomic mass is 10.1. The van der Waals surface area contributed by atoms with Crippen molar-refractivity contribution in [1.29, 1.82) is 0 Å². The smallest absolute Gasteiger partial charge is 0.357 e. The minimum atomic E-state index is -0.539. The molecular formula is C17H15ClN4O3S. The molecule has 0 fully saturated rings. The molecule has 0 radical (unpaired) electrons. The van der Waals surface area contributed by atoms with E-state index in [9.17, 15) is 9.59 Å². The normalized spacial score (nSPS) is 10.6. The molecule has 0 aliphatic carbocycles. The van der Waals surface area contributed by atoms with E-state index in [4.69, 9.17) is 11.6 Å². The van der Waals surface area contributed by atoms with Gasteiger partial charge in [-0.25, -0.2) is 9.78 Å². The molecule has 0 saturated carbocycles. The Kier molecular flexibility index (Phi) is 5.06. The number of nitrogens with one attached hydrogen (secondary N) is 1. The molecule has 2 heterocycles. The maximum Gasteiger partial charge on any atom is 0.357 e. The van der Waals surface area contributed by atoms with E-state index >= 15 is 0 Å². The van der Waals surface area contributed by atoms with Crippen LogP contribution < -0.4 is 5.32 Å². The predicted octanol–water partition coefficient (Wildman–Crippen LogP) is 3.54. The highest BCUT2D eigenvalue weighted by molar-refractivity contribution is 7.16. The number of aryl methyl sites for hydroxylation is 2. The molecule has 26 heavy (non-hydrogen) atoms. The largest absolute Gasteiger partial charge is 0.464 e. The molecule has 1 amide bonds. The van der Waals surface area contributed by atoms with Crippen molar-refractivity contribution < 1.29 is 14.3 Å². The van der Waals surface area contributed by atoms with Gasteiger partial charge in [-0.3, -0.25) is 14.8 Å². The fourth-order valence-corrected chi connectivity index (χ4v) is 3.35. The molecule has 2 aromatic heterocycles. The van der Waals surface area contributed by atoms with Gasteiger partial charge in [0.2, 0.25) is 0 Å². The number of benzene rings is 1. The molecule has 0 unspecified atom stereocenters. The van der Waals surface area contributed by atoms with Crippen LogP contribution in [0.2, 0.25) is 5.02 Å². The van der Waals surface area contributed by atoms with Crippen LogP contribution in [0.1, 0.15) is 25.9 Å². The average Bonchev–Trinajstić information content (AvgIpc) is 3.17. The van der Waals surface area contributed by atoms with Gasteiger partial charge in [-0.05, 0) is 25.1 Å². The summed E-state index contributed by atoms with van der Waals surface area (Å²) in [5.41, 5.74) is 1.99. The number of amides is 1. The third-order valence-corrected chi connectivity index (χ3v) is 4.75. The minimum Gasteiger partial charge on any atom is -0.464 e. The zero-order valence-electron chi connectivity index (χ0n) is 14.2. The molecular weight excluding hydrogens is 376 g/mol. The Morgan fingerprint density at radius 3 is 2.77 bits per heavy atom. The summed E-state index contributed by atoms with van der Waals surface area (Å²) in [5.74, 6) is -0.915. The van der Waals surface area contributed by atoms with Gasteiger partial charge in [0.05, 0.1) is 12.8 Å². The van der Waals surface area contributed by atoms with Gasteiger partial charge in [0.25, 0.3) is 5.91 Å². The Labute approximate surface area is 158 Å². The first-order chi connectivity index (χ1) is 12.4. The van der Waals surface area contributed by atoms with Gasteiger partial charge in [0.1, 0.15) is 5.69 Å². The summed E-state index contributed by atoms with van der Waals surface area (Å²) < 4.78 is 6.15. The van der Waals surface area contributed by atoms with Crippen molar-refractivity contribution in [1.82, 2.24) is 14.8 Å². The summed E-state index contributed by atoms with van der Waals surface area (Å²) in [7, 11) is 2.96. The Morgan fingerprint density at radius 2 is 2.08 bits per heavy atom. The van der Waals surface area contributed by atoms with Gasteiger partial charge < -0.3 is 4.74 Å².